The first kappa shape index (κ1) is 10.4. The van der Waals surface area contributed by atoms with Crippen molar-refractivity contribution >= 4 is 11.4 Å². The molecule has 0 amide bonds. The van der Waals surface area contributed by atoms with Crippen LogP contribution >= 0.6 is 0 Å². The van der Waals surface area contributed by atoms with Gasteiger partial charge in [0.15, 0.2) is 0 Å². The maximum absolute atomic E-state index is 8.90. The van der Waals surface area contributed by atoms with Crippen LogP contribution in [0.25, 0.3) is 0 Å². The molecule has 2 N–H and O–H groups in total. The lowest BCUT2D eigenvalue weighted by Crippen LogP contribution is -2.29. The summed E-state index contributed by atoms with van der Waals surface area (Å²) in [6, 6.07) is 9.73. The van der Waals surface area contributed by atoms with Crippen LogP contribution in [-0.4, -0.2) is 13.1 Å². The Bertz CT molecular complexity index is 323. The van der Waals surface area contributed by atoms with E-state index in [9.17, 15) is 0 Å². The number of benzene rings is 1. The molecule has 0 spiro atoms. The molecular formula is C11H15N3. The van der Waals surface area contributed by atoms with E-state index in [-0.39, 0.29) is 6.04 Å². The van der Waals surface area contributed by atoms with Crippen molar-refractivity contribution in [2.24, 2.45) is 0 Å². The fraction of sp³-hybridized carbons (Fsp3) is 0.364. The van der Waals surface area contributed by atoms with Crippen LogP contribution in [0, 0.1) is 11.3 Å². The second kappa shape index (κ2) is 4.52. The number of hydrogen-bond donors (Lipinski definition) is 1. The van der Waals surface area contributed by atoms with Gasteiger partial charge in [0.25, 0.3) is 0 Å². The second-order valence-corrected chi connectivity index (χ2v) is 3.26. The molecule has 0 aliphatic carbocycles. The smallest absolute Gasteiger partial charge is 0.116 e. The van der Waals surface area contributed by atoms with Crippen molar-refractivity contribution in [3.05, 3.63) is 24.3 Å². The average molecular weight is 189 g/mol. The summed E-state index contributed by atoms with van der Waals surface area (Å²) in [5.74, 6) is 0. The van der Waals surface area contributed by atoms with E-state index in [1.165, 1.54) is 0 Å². The monoisotopic (exact) mass is 189 g/mol. The van der Waals surface area contributed by atoms with Crippen molar-refractivity contribution in [2.75, 3.05) is 17.7 Å². The molecule has 1 unspecified atom stereocenters. The first-order valence-corrected chi connectivity index (χ1v) is 4.67. The molecule has 0 fully saturated rings. The minimum absolute atomic E-state index is 0.0707. The summed E-state index contributed by atoms with van der Waals surface area (Å²) >= 11 is 0. The van der Waals surface area contributed by atoms with E-state index in [4.69, 9.17) is 11.0 Å². The van der Waals surface area contributed by atoms with E-state index < -0.39 is 0 Å². The molecule has 74 valence electrons. The Balaban J connectivity index is 2.84. The Hall–Kier alpha value is -1.69. The predicted octanol–water partition coefficient (Wildman–Crippen LogP) is 2.01. The molecule has 0 radical (unpaired) electrons. The predicted molar refractivity (Wildman–Crippen MR) is 58.9 cm³/mol. The fourth-order valence-electron chi connectivity index (χ4n) is 1.34. The molecule has 14 heavy (non-hydrogen) atoms. The van der Waals surface area contributed by atoms with E-state index in [0.29, 0.717) is 0 Å². The van der Waals surface area contributed by atoms with Crippen LogP contribution in [0.4, 0.5) is 11.4 Å². The zero-order valence-corrected chi connectivity index (χ0v) is 8.57. The van der Waals surface area contributed by atoms with E-state index in [0.717, 1.165) is 17.8 Å². The third-order valence-corrected chi connectivity index (χ3v) is 2.30. The highest BCUT2D eigenvalue weighted by Crippen LogP contribution is 2.17. The molecule has 0 aliphatic heterocycles. The molecule has 3 heteroatoms. The summed E-state index contributed by atoms with van der Waals surface area (Å²) in [6.07, 6.45) is 0.817. The largest absolute Gasteiger partial charge is 0.399 e. The van der Waals surface area contributed by atoms with E-state index in [2.05, 4.69) is 6.07 Å². The quantitative estimate of drug-likeness (QED) is 0.740. The van der Waals surface area contributed by atoms with Gasteiger partial charge in [-0.3, -0.25) is 0 Å². The fourth-order valence-corrected chi connectivity index (χ4v) is 1.34. The maximum atomic E-state index is 8.90. The molecule has 0 saturated heterocycles. The van der Waals surface area contributed by atoms with Crippen LogP contribution in [0.15, 0.2) is 24.3 Å². The first-order valence-electron chi connectivity index (χ1n) is 4.67. The van der Waals surface area contributed by atoms with Crippen molar-refractivity contribution in [2.45, 2.75) is 19.4 Å². The van der Waals surface area contributed by atoms with Crippen LogP contribution in [0.5, 0.6) is 0 Å². The Kier molecular flexibility index (Phi) is 3.35. The normalized spacial score (nSPS) is 11.8. The topological polar surface area (TPSA) is 53.0 Å². The molecule has 0 aliphatic rings. The van der Waals surface area contributed by atoms with Gasteiger partial charge < -0.3 is 10.6 Å². The highest BCUT2D eigenvalue weighted by molar-refractivity contribution is 5.53. The Morgan fingerprint density at radius 1 is 1.43 bits per heavy atom. The summed E-state index contributed by atoms with van der Waals surface area (Å²) < 4.78 is 0. The van der Waals surface area contributed by atoms with Gasteiger partial charge in [0.1, 0.15) is 6.04 Å². The van der Waals surface area contributed by atoms with Gasteiger partial charge in [0, 0.05) is 18.4 Å². The molecule has 0 aromatic heterocycles. The molecule has 0 bridgehead atoms. The van der Waals surface area contributed by atoms with E-state index in [1.54, 1.807) is 0 Å². The third-order valence-electron chi connectivity index (χ3n) is 2.30. The first-order chi connectivity index (χ1) is 6.69. The summed E-state index contributed by atoms with van der Waals surface area (Å²) in [6.45, 7) is 2.00. The molecule has 1 aromatic carbocycles. The van der Waals surface area contributed by atoms with Crippen molar-refractivity contribution in [3.63, 3.8) is 0 Å². The van der Waals surface area contributed by atoms with Crippen molar-refractivity contribution in [3.8, 4) is 6.07 Å². The highest BCUT2D eigenvalue weighted by Gasteiger charge is 2.11. The van der Waals surface area contributed by atoms with Gasteiger partial charge in [-0.15, -0.1) is 0 Å². The minimum atomic E-state index is -0.0707. The molecular weight excluding hydrogens is 174 g/mol. The lowest BCUT2D eigenvalue weighted by atomic mass is 10.2. The van der Waals surface area contributed by atoms with Crippen LogP contribution in [-0.2, 0) is 0 Å². The molecule has 1 aromatic rings. The van der Waals surface area contributed by atoms with Crippen molar-refractivity contribution in [1.82, 2.24) is 0 Å². The number of nitrogens with two attached hydrogens (primary N) is 1. The zero-order chi connectivity index (χ0) is 10.6. The minimum Gasteiger partial charge on any atom is -0.399 e. The third kappa shape index (κ3) is 2.17. The van der Waals surface area contributed by atoms with Gasteiger partial charge in [-0.05, 0) is 30.7 Å². The van der Waals surface area contributed by atoms with Gasteiger partial charge >= 0.3 is 0 Å². The van der Waals surface area contributed by atoms with E-state index in [1.807, 2.05) is 43.1 Å². The van der Waals surface area contributed by atoms with Crippen LogP contribution < -0.4 is 10.6 Å². The SMILES string of the molecule is CCC(C#N)N(C)c1ccc(N)cc1. The summed E-state index contributed by atoms with van der Waals surface area (Å²) in [5, 5.41) is 8.90. The average Bonchev–Trinajstić information content (AvgIpc) is 2.20. The van der Waals surface area contributed by atoms with Gasteiger partial charge in [-0.25, -0.2) is 0 Å². The molecule has 0 saturated carbocycles. The van der Waals surface area contributed by atoms with Gasteiger partial charge in [0.05, 0.1) is 6.07 Å². The van der Waals surface area contributed by atoms with Gasteiger partial charge in [-0.2, -0.15) is 5.26 Å². The lowest BCUT2D eigenvalue weighted by Gasteiger charge is -2.23. The van der Waals surface area contributed by atoms with Crippen molar-refractivity contribution < 1.29 is 0 Å². The molecule has 1 rings (SSSR count). The maximum Gasteiger partial charge on any atom is 0.116 e. The molecule has 3 nitrogen and oxygen atoms in total. The zero-order valence-electron chi connectivity index (χ0n) is 8.57. The second-order valence-electron chi connectivity index (χ2n) is 3.26. The number of nitrogens with zero attached hydrogens (tertiary/aromatic N) is 2. The Morgan fingerprint density at radius 3 is 2.43 bits per heavy atom. The molecule has 1 atom stereocenters. The van der Waals surface area contributed by atoms with Crippen molar-refractivity contribution in [1.29, 1.82) is 5.26 Å². The number of nitrogen functional groups attached to an aromatic ring is 1. The Labute approximate surface area is 84.7 Å². The number of anilines is 2. The number of hydrogen-bond acceptors (Lipinski definition) is 3. The van der Waals surface area contributed by atoms with E-state index >= 15 is 0 Å². The highest BCUT2D eigenvalue weighted by atomic mass is 15.1. The van der Waals surface area contributed by atoms with Crippen LogP contribution in [0.3, 0.4) is 0 Å². The molecule has 0 heterocycles. The summed E-state index contributed by atoms with van der Waals surface area (Å²) in [7, 11) is 1.92. The number of rotatable bonds is 3. The van der Waals surface area contributed by atoms with Crippen LogP contribution in [0.1, 0.15) is 13.3 Å². The lowest BCUT2D eigenvalue weighted by molar-refractivity contribution is 0.734. The van der Waals surface area contributed by atoms with Gasteiger partial charge in [0.2, 0.25) is 0 Å². The Morgan fingerprint density at radius 2 is 2.00 bits per heavy atom. The summed E-state index contributed by atoms with van der Waals surface area (Å²) in [4.78, 5) is 1.96. The summed E-state index contributed by atoms with van der Waals surface area (Å²) in [5.41, 5.74) is 7.35. The standard InChI is InChI=1S/C11H15N3/c1-3-10(8-12)14(2)11-6-4-9(13)5-7-11/h4-7,10H,3,13H2,1-2H3. The van der Waals surface area contributed by atoms with Crippen LogP contribution in [0.2, 0.25) is 0 Å². The number of nitriles is 1. The van der Waals surface area contributed by atoms with Gasteiger partial charge in [-0.1, -0.05) is 6.92 Å².